The van der Waals surface area contributed by atoms with Crippen LogP contribution in [0.15, 0.2) is 53.7 Å². The van der Waals surface area contributed by atoms with Gasteiger partial charge in [0.1, 0.15) is 28.7 Å². The number of benzene rings is 1. The van der Waals surface area contributed by atoms with Crippen molar-refractivity contribution < 1.29 is 40.6 Å². The lowest BCUT2D eigenvalue weighted by molar-refractivity contribution is -0.156. The second-order valence-electron chi connectivity index (χ2n) is 7.85. The molecule has 1 atom stereocenters. The summed E-state index contributed by atoms with van der Waals surface area (Å²) in [7, 11) is 0. The van der Waals surface area contributed by atoms with Crippen LogP contribution in [0.5, 0.6) is 5.88 Å². The van der Waals surface area contributed by atoms with Gasteiger partial charge in [-0.1, -0.05) is 11.6 Å². The second kappa shape index (κ2) is 9.70. The van der Waals surface area contributed by atoms with E-state index in [1.807, 2.05) is 0 Å². The number of halogens is 8. The topological polar surface area (TPSA) is 98.3 Å². The van der Waals surface area contributed by atoms with E-state index in [0.717, 1.165) is 17.2 Å². The number of aliphatic imine (C=N–C) groups is 1. The fourth-order valence-corrected chi connectivity index (χ4v) is 3.72. The lowest BCUT2D eigenvalue weighted by Crippen LogP contribution is -2.54. The predicted octanol–water partition coefficient (Wildman–Crippen LogP) is 4.70. The Morgan fingerprint density at radius 3 is 2.41 bits per heavy atom. The highest BCUT2D eigenvalue weighted by molar-refractivity contribution is 6.31. The Morgan fingerprint density at radius 2 is 1.84 bits per heavy atom. The van der Waals surface area contributed by atoms with Gasteiger partial charge in [-0.3, -0.25) is 4.99 Å². The monoisotopic (exact) mass is 550 g/mol. The first-order chi connectivity index (χ1) is 17.3. The van der Waals surface area contributed by atoms with Gasteiger partial charge in [0.05, 0.1) is 24.0 Å². The molecule has 1 unspecified atom stereocenters. The van der Waals surface area contributed by atoms with E-state index < -0.39 is 70.0 Å². The SMILES string of the molecule is OC(Cn1cnnn1)(c1ccc(F)cc1F)C(F)(F)C1=NC=C(Oc2ncc(C(F)(F)F)cc2Cl)CC1. The number of hydrogen-bond acceptors (Lipinski definition) is 7. The molecule has 0 spiro atoms. The van der Waals surface area contributed by atoms with Gasteiger partial charge in [-0.2, -0.15) is 22.0 Å². The molecule has 1 aliphatic rings. The van der Waals surface area contributed by atoms with Crippen LogP contribution in [-0.4, -0.2) is 41.9 Å². The number of pyridine rings is 1. The van der Waals surface area contributed by atoms with Gasteiger partial charge in [0, 0.05) is 24.2 Å². The van der Waals surface area contributed by atoms with Gasteiger partial charge >= 0.3 is 12.1 Å². The van der Waals surface area contributed by atoms with Crippen molar-refractivity contribution in [3.63, 3.8) is 0 Å². The molecular weight excluding hydrogens is 537 g/mol. The molecule has 0 amide bonds. The number of aromatic nitrogens is 5. The average Bonchev–Trinajstić information content (AvgIpc) is 3.32. The van der Waals surface area contributed by atoms with Crippen molar-refractivity contribution in [3.8, 4) is 5.88 Å². The van der Waals surface area contributed by atoms with Crippen molar-refractivity contribution in [2.45, 2.75) is 37.1 Å². The van der Waals surface area contributed by atoms with E-state index in [0.29, 0.717) is 30.5 Å². The molecule has 3 aromatic rings. The first-order valence-electron chi connectivity index (χ1n) is 10.2. The highest BCUT2D eigenvalue weighted by Crippen LogP contribution is 2.43. The molecular formula is C21H14ClF7N6O2. The third-order valence-electron chi connectivity index (χ3n) is 5.38. The quantitative estimate of drug-likeness (QED) is 0.428. The summed E-state index contributed by atoms with van der Waals surface area (Å²) in [5.74, 6) is -7.19. The van der Waals surface area contributed by atoms with Gasteiger partial charge < -0.3 is 9.84 Å². The van der Waals surface area contributed by atoms with E-state index >= 15 is 8.78 Å². The largest absolute Gasteiger partial charge is 0.440 e. The van der Waals surface area contributed by atoms with Crippen LogP contribution in [0.25, 0.3) is 0 Å². The molecule has 1 aliphatic heterocycles. The number of allylic oxidation sites excluding steroid dienone is 1. The number of alkyl halides is 5. The lowest BCUT2D eigenvalue weighted by Gasteiger charge is -2.37. The summed E-state index contributed by atoms with van der Waals surface area (Å²) in [5.41, 5.74) is -6.23. The van der Waals surface area contributed by atoms with E-state index in [-0.39, 0.29) is 12.2 Å². The molecule has 0 bridgehead atoms. The number of ether oxygens (including phenoxy) is 1. The van der Waals surface area contributed by atoms with Crippen LogP contribution in [0, 0.1) is 11.6 Å². The van der Waals surface area contributed by atoms with E-state index in [4.69, 9.17) is 16.3 Å². The van der Waals surface area contributed by atoms with Gasteiger partial charge in [-0.15, -0.1) is 5.10 Å². The zero-order chi connectivity index (χ0) is 27.0. The molecule has 196 valence electrons. The third-order valence-corrected chi connectivity index (χ3v) is 5.65. The zero-order valence-corrected chi connectivity index (χ0v) is 19.0. The summed E-state index contributed by atoms with van der Waals surface area (Å²) in [6.45, 7) is -1.02. The minimum absolute atomic E-state index is 0.0642. The molecule has 1 N–H and O–H groups in total. The number of aliphatic hydroxyl groups is 1. The second-order valence-corrected chi connectivity index (χ2v) is 8.26. The van der Waals surface area contributed by atoms with Crippen LogP contribution in [0.2, 0.25) is 5.02 Å². The van der Waals surface area contributed by atoms with Gasteiger partial charge in [0.2, 0.25) is 5.88 Å². The fourth-order valence-electron chi connectivity index (χ4n) is 3.52. The Bertz CT molecular complexity index is 1360. The van der Waals surface area contributed by atoms with Crippen molar-refractivity contribution in [1.29, 1.82) is 0 Å². The van der Waals surface area contributed by atoms with Crippen molar-refractivity contribution in [2.75, 3.05) is 0 Å². The van der Waals surface area contributed by atoms with Crippen LogP contribution in [0.1, 0.15) is 24.0 Å². The summed E-state index contributed by atoms with van der Waals surface area (Å²) >= 11 is 5.79. The standard InChI is InChI=1S/C21H14ClF7N6O2/c22-15-5-11(21(27,28)29)7-31-18(15)37-13-2-4-17(30-8-13)20(25,26)19(36,9-35-10-32-33-34-35)14-3-1-12(23)6-16(14)24/h1,3,5-8,10,36H,2,4,9H2. The molecule has 8 nitrogen and oxygen atoms in total. The molecule has 3 heterocycles. The lowest BCUT2D eigenvalue weighted by atomic mass is 9.82. The average molecular weight is 551 g/mol. The maximum atomic E-state index is 15.8. The number of tetrazole rings is 1. The van der Waals surface area contributed by atoms with Gasteiger partial charge in [0.25, 0.3) is 0 Å². The number of hydrogen-bond donors (Lipinski definition) is 1. The number of rotatable bonds is 7. The smallest absolute Gasteiger partial charge is 0.417 e. The minimum atomic E-state index is -4.69. The highest BCUT2D eigenvalue weighted by atomic mass is 35.5. The molecule has 0 saturated heterocycles. The molecule has 0 radical (unpaired) electrons. The first-order valence-corrected chi connectivity index (χ1v) is 10.6. The Hall–Kier alpha value is -3.59. The molecule has 2 aromatic heterocycles. The van der Waals surface area contributed by atoms with Crippen LogP contribution in [-0.2, 0) is 18.3 Å². The molecule has 37 heavy (non-hydrogen) atoms. The molecule has 0 saturated carbocycles. The zero-order valence-electron chi connectivity index (χ0n) is 18.2. The molecule has 0 fully saturated rings. The summed E-state index contributed by atoms with van der Waals surface area (Å²) in [4.78, 5) is 7.14. The third kappa shape index (κ3) is 5.27. The van der Waals surface area contributed by atoms with Crippen LogP contribution >= 0.6 is 11.6 Å². The fraction of sp³-hybridized carbons (Fsp3) is 0.286. The van der Waals surface area contributed by atoms with Crippen molar-refractivity contribution in [3.05, 3.63) is 76.5 Å². The van der Waals surface area contributed by atoms with Crippen LogP contribution in [0.4, 0.5) is 30.7 Å². The maximum absolute atomic E-state index is 15.8. The maximum Gasteiger partial charge on any atom is 0.417 e. The van der Waals surface area contributed by atoms with Gasteiger partial charge in [0.15, 0.2) is 5.60 Å². The van der Waals surface area contributed by atoms with Gasteiger partial charge in [-0.25, -0.2) is 18.4 Å². The highest BCUT2D eigenvalue weighted by Gasteiger charge is 2.59. The molecule has 4 rings (SSSR count). The Balaban J connectivity index is 1.65. The Morgan fingerprint density at radius 1 is 1.08 bits per heavy atom. The normalized spacial score (nSPS) is 16.1. The van der Waals surface area contributed by atoms with E-state index in [1.54, 1.807) is 0 Å². The van der Waals surface area contributed by atoms with Crippen LogP contribution in [0.3, 0.4) is 0 Å². The van der Waals surface area contributed by atoms with Crippen molar-refractivity contribution in [1.82, 2.24) is 25.2 Å². The van der Waals surface area contributed by atoms with Crippen molar-refractivity contribution >= 4 is 17.3 Å². The van der Waals surface area contributed by atoms with E-state index in [1.165, 1.54) is 0 Å². The minimum Gasteiger partial charge on any atom is -0.440 e. The molecule has 1 aromatic carbocycles. The van der Waals surface area contributed by atoms with E-state index in [9.17, 15) is 27.1 Å². The summed E-state index contributed by atoms with van der Waals surface area (Å²) in [6, 6.07) is 2.31. The number of nitrogens with zero attached hydrogens (tertiary/aromatic N) is 6. The summed E-state index contributed by atoms with van der Waals surface area (Å²) in [5, 5.41) is 20.7. The molecule has 16 heteroatoms. The Kier molecular flexibility index (Phi) is 6.94. The van der Waals surface area contributed by atoms with E-state index in [2.05, 4.69) is 25.5 Å². The summed E-state index contributed by atoms with van der Waals surface area (Å²) < 4.78 is 104. The van der Waals surface area contributed by atoms with Crippen molar-refractivity contribution in [2.24, 2.45) is 4.99 Å². The Labute approximate surface area is 208 Å². The van der Waals surface area contributed by atoms with Gasteiger partial charge in [-0.05, 0) is 35.0 Å². The first kappa shape index (κ1) is 26.5. The van der Waals surface area contributed by atoms with Crippen LogP contribution < -0.4 is 4.74 Å². The predicted molar refractivity (Wildman–Crippen MR) is 113 cm³/mol. The molecule has 0 aliphatic carbocycles. The summed E-state index contributed by atoms with van der Waals surface area (Å²) in [6.07, 6.45) is -3.20.